The molecule has 1 N–H and O–H groups in total. The second kappa shape index (κ2) is 5.46. The number of pyridine rings is 1. The number of thiazole rings is 1. The molecule has 0 saturated heterocycles. The van der Waals surface area contributed by atoms with Gasteiger partial charge in [0.1, 0.15) is 11.3 Å². The van der Waals surface area contributed by atoms with Gasteiger partial charge in [0.05, 0.1) is 16.1 Å². The van der Waals surface area contributed by atoms with Gasteiger partial charge in [-0.05, 0) is 43.0 Å². The smallest absolute Gasteiger partial charge is 0.204 e. The molecule has 2 aromatic heterocycles. The zero-order valence-electron chi connectivity index (χ0n) is 11.7. The van der Waals surface area contributed by atoms with E-state index in [1.807, 2.05) is 12.1 Å². The third-order valence-electron chi connectivity index (χ3n) is 3.68. The minimum absolute atomic E-state index is 0.306. The molecule has 6 heteroatoms. The number of benzene rings is 1. The predicted octanol–water partition coefficient (Wildman–Crippen LogP) is 3.98. The number of nitrogens with one attached hydrogen (secondary N) is 1. The number of hydrazone groups is 1. The molecule has 0 aliphatic heterocycles. The first kappa shape index (κ1) is 13.3. The van der Waals surface area contributed by atoms with E-state index in [2.05, 4.69) is 26.6 Å². The summed E-state index contributed by atoms with van der Waals surface area (Å²) in [6, 6.07) is 8.99. The summed E-state index contributed by atoms with van der Waals surface area (Å²) in [4.78, 5) is 8.68. The van der Waals surface area contributed by atoms with E-state index in [4.69, 9.17) is 0 Å². The molecule has 0 atom stereocenters. The van der Waals surface area contributed by atoms with Gasteiger partial charge in [0.15, 0.2) is 0 Å². The van der Waals surface area contributed by atoms with Crippen molar-refractivity contribution in [3.05, 3.63) is 53.6 Å². The number of halogens is 1. The van der Waals surface area contributed by atoms with E-state index in [0.29, 0.717) is 10.6 Å². The van der Waals surface area contributed by atoms with Crippen LogP contribution in [0.4, 0.5) is 9.52 Å². The highest BCUT2D eigenvalue weighted by molar-refractivity contribution is 7.22. The summed E-state index contributed by atoms with van der Waals surface area (Å²) >= 11 is 1.39. The highest BCUT2D eigenvalue weighted by Gasteiger charge is 2.16. The Bertz CT molecular complexity index is 871. The number of hydrogen-bond acceptors (Lipinski definition) is 5. The molecule has 1 aliphatic carbocycles. The molecule has 4 rings (SSSR count). The molecule has 1 aliphatic rings. The fraction of sp³-hybridized carbons (Fsp3) is 0.188. The van der Waals surface area contributed by atoms with Gasteiger partial charge in [-0.25, -0.2) is 9.37 Å². The van der Waals surface area contributed by atoms with Gasteiger partial charge in [-0.3, -0.25) is 10.4 Å². The second-order valence-corrected chi connectivity index (χ2v) is 6.17. The third-order valence-corrected chi connectivity index (χ3v) is 4.61. The molecule has 0 saturated carbocycles. The fourth-order valence-electron chi connectivity index (χ4n) is 2.65. The van der Waals surface area contributed by atoms with Crippen molar-refractivity contribution in [2.45, 2.75) is 19.3 Å². The summed E-state index contributed by atoms with van der Waals surface area (Å²) in [6.07, 6.45) is 4.77. The monoisotopic (exact) mass is 312 g/mol. The Hall–Kier alpha value is -2.34. The number of aromatic nitrogens is 2. The first-order valence-electron chi connectivity index (χ1n) is 7.13. The standard InChI is InChI=1S/C16H13FN4S/c17-11-6-2-8-13-15(11)19-16(22-13)21-20-12-7-1-4-10-5-3-9-18-14(10)12/h2-3,5-6,8-9H,1,4,7H2,(H,19,21)/b20-12+. The Morgan fingerprint density at radius 2 is 2.14 bits per heavy atom. The van der Waals surface area contributed by atoms with Crippen molar-refractivity contribution in [1.29, 1.82) is 0 Å². The van der Waals surface area contributed by atoms with Gasteiger partial charge < -0.3 is 0 Å². The van der Waals surface area contributed by atoms with Gasteiger partial charge in [0.2, 0.25) is 5.13 Å². The van der Waals surface area contributed by atoms with Crippen molar-refractivity contribution in [2.75, 3.05) is 5.43 Å². The number of anilines is 1. The van der Waals surface area contributed by atoms with E-state index in [1.54, 1.807) is 12.3 Å². The van der Waals surface area contributed by atoms with Crippen LogP contribution in [0.25, 0.3) is 10.2 Å². The summed E-state index contributed by atoms with van der Waals surface area (Å²) in [5, 5.41) is 5.04. The quantitative estimate of drug-likeness (QED) is 0.728. The van der Waals surface area contributed by atoms with Crippen LogP contribution in [0.1, 0.15) is 24.1 Å². The Labute approximate surface area is 130 Å². The first-order valence-corrected chi connectivity index (χ1v) is 7.95. The zero-order valence-corrected chi connectivity index (χ0v) is 12.5. The SMILES string of the molecule is Fc1cccc2sc(N/N=C3\CCCc4cccnc43)nc12. The molecule has 0 bridgehead atoms. The van der Waals surface area contributed by atoms with Crippen molar-refractivity contribution in [1.82, 2.24) is 9.97 Å². The van der Waals surface area contributed by atoms with Gasteiger partial charge in [0.25, 0.3) is 0 Å². The molecule has 3 aromatic rings. The molecule has 2 heterocycles. The van der Waals surface area contributed by atoms with Crippen molar-refractivity contribution < 1.29 is 4.39 Å². The van der Waals surface area contributed by atoms with Gasteiger partial charge in [0, 0.05) is 6.20 Å². The average Bonchev–Trinajstić information content (AvgIpc) is 2.97. The van der Waals surface area contributed by atoms with E-state index in [0.717, 1.165) is 35.4 Å². The maximum atomic E-state index is 13.7. The summed E-state index contributed by atoms with van der Waals surface area (Å²) in [5.41, 5.74) is 6.46. The van der Waals surface area contributed by atoms with E-state index < -0.39 is 0 Å². The summed E-state index contributed by atoms with van der Waals surface area (Å²) < 4.78 is 14.5. The van der Waals surface area contributed by atoms with Crippen LogP contribution in [-0.2, 0) is 6.42 Å². The Balaban J connectivity index is 1.65. The van der Waals surface area contributed by atoms with E-state index in [1.165, 1.54) is 23.0 Å². The zero-order chi connectivity index (χ0) is 14.9. The van der Waals surface area contributed by atoms with Crippen LogP contribution >= 0.6 is 11.3 Å². The minimum Gasteiger partial charge on any atom is -0.255 e. The Kier molecular flexibility index (Phi) is 3.31. The Morgan fingerprint density at radius 1 is 1.18 bits per heavy atom. The molecule has 110 valence electrons. The van der Waals surface area contributed by atoms with Crippen LogP contribution < -0.4 is 5.43 Å². The van der Waals surface area contributed by atoms with Crippen molar-refractivity contribution in [3.8, 4) is 0 Å². The summed E-state index contributed by atoms with van der Waals surface area (Å²) in [6.45, 7) is 0. The molecule has 0 unspecified atom stereocenters. The third kappa shape index (κ3) is 2.35. The summed E-state index contributed by atoms with van der Waals surface area (Å²) in [7, 11) is 0. The van der Waals surface area contributed by atoms with E-state index >= 15 is 0 Å². The molecule has 0 radical (unpaired) electrons. The number of para-hydroxylation sites is 1. The lowest BCUT2D eigenvalue weighted by Crippen LogP contribution is -2.15. The first-order chi connectivity index (χ1) is 10.8. The number of rotatable bonds is 2. The predicted molar refractivity (Wildman–Crippen MR) is 86.9 cm³/mol. The van der Waals surface area contributed by atoms with Crippen LogP contribution in [0.3, 0.4) is 0 Å². The molecular formula is C16H13FN4S. The summed E-state index contributed by atoms with van der Waals surface area (Å²) in [5.74, 6) is -0.306. The molecule has 0 fully saturated rings. The maximum Gasteiger partial charge on any atom is 0.204 e. The van der Waals surface area contributed by atoms with Gasteiger partial charge in [-0.2, -0.15) is 5.10 Å². The lowest BCUT2D eigenvalue weighted by molar-refractivity contribution is 0.637. The van der Waals surface area contributed by atoms with Crippen LogP contribution in [0.2, 0.25) is 0 Å². The van der Waals surface area contributed by atoms with Crippen molar-refractivity contribution in [2.24, 2.45) is 5.10 Å². The van der Waals surface area contributed by atoms with Gasteiger partial charge in [-0.15, -0.1) is 0 Å². The lowest BCUT2D eigenvalue weighted by atomic mass is 9.95. The van der Waals surface area contributed by atoms with E-state index in [9.17, 15) is 4.39 Å². The number of hydrogen-bond donors (Lipinski definition) is 1. The van der Waals surface area contributed by atoms with Crippen LogP contribution in [0.15, 0.2) is 41.6 Å². The van der Waals surface area contributed by atoms with E-state index in [-0.39, 0.29) is 5.82 Å². The van der Waals surface area contributed by atoms with Crippen LogP contribution in [-0.4, -0.2) is 15.7 Å². The number of aryl methyl sites for hydroxylation is 1. The molecule has 4 nitrogen and oxygen atoms in total. The number of fused-ring (bicyclic) bond motifs is 2. The van der Waals surface area contributed by atoms with Crippen LogP contribution in [0, 0.1) is 5.82 Å². The van der Waals surface area contributed by atoms with Crippen molar-refractivity contribution >= 4 is 32.4 Å². The lowest BCUT2D eigenvalue weighted by Gasteiger charge is -2.15. The molecular weight excluding hydrogens is 299 g/mol. The molecule has 22 heavy (non-hydrogen) atoms. The maximum absolute atomic E-state index is 13.7. The topological polar surface area (TPSA) is 50.2 Å². The van der Waals surface area contributed by atoms with Gasteiger partial charge in [-0.1, -0.05) is 23.5 Å². The number of nitrogens with zero attached hydrogens (tertiary/aromatic N) is 3. The molecule has 0 spiro atoms. The largest absolute Gasteiger partial charge is 0.255 e. The molecule has 1 aromatic carbocycles. The normalized spacial score (nSPS) is 16.0. The van der Waals surface area contributed by atoms with Gasteiger partial charge >= 0.3 is 0 Å². The highest BCUT2D eigenvalue weighted by Crippen LogP contribution is 2.28. The molecule has 0 amide bonds. The average molecular weight is 312 g/mol. The highest BCUT2D eigenvalue weighted by atomic mass is 32.1. The Morgan fingerprint density at radius 3 is 3.05 bits per heavy atom. The van der Waals surface area contributed by atoms with Crippen LogP contribution in [0.5, 0.6) is 0 Å². The van der Waals surface area contributed by atoms with Crippen molar-refractivity contribution in [3.63, 3.8) is 0 Å². The fourth-order valence-corrected chi connectivity index (χ4v) is 3.47. The minimum atomic E-state index is -0.306. The second-order valence-electron chi connectivity index (χ2n) is 5.14.